The summed E-state index contributed by atoms with van der Waals surface area (Å²) in [6, 6.07) is 5.79. The molecule has 17 heavy (non-hydrogen) atoms. The molecule has 0 aliphatic heterocycles. The summed E-state index contributed by atoms with van der Waals surface area (Å²) >= 11 is 6.03. The Morgan fingerprint density at radius 2 is 2.12 bits per heavy atom. The van der Waals surface area contributed by atoms with E-state index in [0.29, 0.717) is 10.8 Å². The summed E-state index contributed by atoms with van der Waals surface area (Å²) in [6.45, 7) is 6.40. The van der Waals surface area contributed by atoms with Gasteiger partial charge in [0.2, 0.25) is 0 Å². The van der Waals surface area contributed by atoms with Crippen LogP contribution in [0.2, 0.25) is 5.02 Å². The van der Waals surface area contributed by atoms with Gasteiger partial charge in [-0.15, -0.1) is 0 Å². The minimum atomic E-state index is 0.284. The van der Waals surface area contributed by atoms with Gasteiger partial charge < -0.3 is 14.8 Å². The Morgan fingerprint density at radius 3 is 2.71 bits per heavy atom. The molecule has 0 fully saturated rings. The van der Waals surface area contributed by atoms with Crippen LogP contribution in [0.4, 0.5) is 0 Å². The lowest BCUT2D eigenvalue weighted by molar-refractivity contribution is 0.0807. The second kappa shape index (κ2) is 7.54. The number of hydrogen-bond donors (Lipinski definition) is 1. The number of methoxy groups -OCH3 is 1. The van der Waals surface area contributed by atoms with E-state index in [2.05, 4.69) is 5.32 Å². The molecule has 1 aromatic carbocycles. The minimum Gasteiger partial charge on any atom is -0.495 e. The van der Waals surface area contributed by atoms with Crippen molar-refractivity contribution in [3.8, 4) is 5.75 Å². The van der Waals surface area contributed by atoms with Crippen LogP contribution < -0.4 is 10.1 Å². The van der Waals surface area contributed by atoms with Crippen LogP contribution in [0.1, 0.15) is 19.4 Å². The Morgan fingerprint density at radius 1 is 1.35 bits per heavy atom. The van der Waals surface area contributed by atoms with Gasteiger partial charge in [0.05, 0.1) is 24.8 Å². The number of ether oxygens (including phenoxy) is 2. The third kappa shape index (κ3) is 5.39. The number of rotatable bonds is 7. The van der Waals surface area contributed by atoms with Crippen molar-refractivity contribution in [3.63, 3.8) is 0 Å². The Labute approximate surface area is 108 Å². The van der Waals surface area contributed by atoms with E-state index < -0.39 is 0 Å². The van der Waals surface area contributed by atoms with Crippen LogP contribution in [0, 0.1) is 0 Å². The molecule has 1 aromatic rings. The first-order valence-corrected chi connectivity index (χ1v) is 6.16. The van der Waals surface area contributed by atoms with Crippen LogP contribution in [0.25, 0.3) is 0 Å². The Hall–Kier alpha value is -0.770. The van der Waals surface area contributed by atoms with Crippen LogP contribution in [-0.4, -0.2) is 26.4 Å². The van der Waals surface area contributed by atoms with Gasteiger partial charge >= 0.3 is 0 Å². The third-order valence-electron chi connectivity index (χ3n) is 2.28. The van der Waals surface area contributed by atoms with E-state index in [4.69, 9.17) is 21.1 Å². The zero-order valence-electron chi connectivity index (χ0n) is 10.6. The largest absolute Gasteiger partial charge is 0.495 e. The summed E-state index contributed by atoms with van der Waals surface area (Å²) in [6.07, 6.45) is 0.284. The van der Waals surface area contributed by atoms with Crippen LogP contribution >= 0.6 is 11.6 Å². The van der Waals surface area contributed by atoms with E-state index in [0.717, 1.165) is 25.3 Å². The molecule has 0 radical (unpaired) electrons. The molecule has 0 atom stereocenters. The molecule has 1 N–H and O–H groups in total. The van der Waals surface area contributed by atoms with Gasteiger partial charge in [-0.2, -0.15) is 0 Å². The zero-order valence-corrected chi connectivity index (χ0v) is 11.4. The molecule has 0 saturated carbocycles. The number of hydrogen-bond acceptors (Lipinski definition) is 3. The molecule has 0 aromatic heterocycles. The van der Waals surface area contributed by atoms with E-state index in [9.17, 15) is 0 Å². The summed E-state index contributed by atoms with van der Waals surface area (Å²) in [5.41, 5.74) is 1.14. The molecule has 3 nitrogen and oxygen atoms in total. The van der Waals surface area contributed by atoms with Crippen LogP contribution in [-0.2, 0) is 11.3 Å². The van der Waals surface area contributed by atoms with Crippen LogP contribution in [0.5, 0.6) is 5.75 Å². The van der Waals surface area contributed by atoms with Crippen molar-refractivity contribution in [1.82, 2.24) is 5.32 Å². The maximum absolute atomic E-state index is 6.03. The van der Waals surface area contributed by atoms with Crippen LogP contribution in [0.15, 0.2) is 18.2 Å². The quantitative estimate of drug-likeness (QED) is 0.762. The highest BCUT2D eigenvalue weighted by Crippen LogP contribution is 2.24. The zero-order chi connectivity index (χ0) is 12.7. The van der Waals surface area contributed by atoms with Crippen molar-refractivity contribution in [2.45, 2.75) is 26.5 Å². The monoisotopic (exact) mass is 257 g/mol. The average Bonchev–Trinajstić information content (AvgIpc) is 2.28. The van der Waals surface area contributed by atoms with Gasteiger partial charge in [-0.05, 0) is 31.5 Å². The second-order valence-corrected chi connectivity index (χ2v) is 4.47. The molecular weight excluding hydrogens is 238 g/mol. The van der Waals surface area contributed by atoms with Crippen molar-refractivity contribution >= 4 is 11.6 Å². The summed E-state index contributed by atoms with van der Waals surface area (Å²) in [5, 5.41) is 3.94. The van der Waals surface area contributed by atoms with Crippen LogP contribution in [0.3, 0.4) is 0 Å². The smallest absolute Gasteiger partial charge is 0.137 e. The number of halogens is 1. The van der Waals surface area contributed by atoms with Gasteiger partial charge in [0.1, 0.15) is 5.75 Å². The van der Waals surface area contributed by atoms with Gasteiger partial charge in [0.25, 0.3) is 0 Å². The normalized spacial score (nSPS) is 10.9. The molecule has 0 bridgehead atoms. The predicted octanol–water partition coefficient (Wildman–Crippen LogP) is 2.86. The molecule has 0 heterocycles. The third-order valence-corrected chi connectivity index (χ3v) is 2.57. The maximum atomic E-state index is 6.03. The Kier molecular flexibility index (Phi) is 6.34. The topological polar surface area (TPSA) is 30.5 Å². The fourth-order valence-electron chi connectivity index (χ4n) is 1.42. The lowest BCUT2D eigenvalue weighted by Gasteiger charge is -2.09. The van der Waals surface area contributed by atoms with Gasteiger partial charge in [0, 0.05) is 13.1 Å². The van der Waals surface area contributed by atoms with Gasteiger partial charge in [-0.1, -0.05) is 17.7 Å². The lowest BCUT2D eigenvalue weighted by Crippen LogP contribution is -2.20. The van der Waals surface area contributed by atoms with Crippen molar-refractivity contribution in [3.05, 3.63) is 28.8 Å². The first-order valence-electron chi connectivity index (χ1n) is 5.78. The highest BCUT2D eigenvalue weighted by molar-refractivity contribution is 6.32. The molecule has 0 unspecified atom stereocenters. The Balaban J connectivity index is 2.30. The molecule has 0 saturated heterocycles. The van der Waals surface area contributed by atoms with E-state index in [-0.39, 0.29) is 6.10 Å². The van der Waals surface area contributed by atoms with Crippen molar-refractivity contribution < 1.29 is 9.47 Å². The first-order chi connectivity index (χ1) is 8.13. The summed E-state index contributed by atoms with van der Waals surface area (Å²) in [7, 11) is 1.61. The minimum absolute atomic E-state index is 0.284. The predicted molar refractivity (Wildman–Crippen MR) is 70.8 cm³/mol. The molecule has 96 valence electrons. The molecule has 1 rings (SSSR count). The number of benzene rings is 1. The van der Waals surface area contributed by atoms with Gasteiger partial charge in [-0.25, -0.2) is 0 Å². The molecule has 0 spiro atoms. The first kappa shape index (κ1) is 14.3. The van der Waals surface area contributed by atoms with Crippen molar-refractivity contribution in [2.24, 2.45) is 0 Å². The summed E-state index contributed by atoms with van der Waals surface area (Å²) in [5.74, 6) is 0.707. The highest BCUT2D eigenvalue weighted by Gasteiger charge is 2.01. The van der Waals surface area contributed by atoms with Gasteiger partial charge in [-0.3, -0.25) is 0 Å². The van der Waals surface area contributed by atoms with Crippen molar-refractivity contribution in [1.29, 1.82) is 0 Å². The molecule has 4 heteroatoms. The molecule has 0 aliphatic rings. The molecular formula is C13H20ClNO2. The fourth-order valence-corrected chi connectivity index (χ4v) is 1.70. The Bertz CT molecular complexity index is 342. The number of nitrogens with one attached hydrogen (secondary N) is 1. The standard InChI is InChI=1S/C13H20ClNO2/c1-10(2)17-7-6-15-9-11-4-5-13(16-3)12(14)8-11/h4-5,8,10,15H,6-7,9H2,1-3H3. The fraction of sp³-hybridized carbons (Fsp3) is 0.538. The average molecular weight is 258 g/mol. The van der Waals surface area contributed by atoms with E-state index >= 15 is 0 Å². The van der Waals surface area contributed by atoms with Gasteiger partial charge in [0.15, 0.2) is 0 Å². The van der Waals surface area contributed by atoms with E-state index in [1.807, 2.05) is 32.0 Å². The molecule has 0 aliphatic carbocycles. The summed E-state index contributed by atoms with van der Waals surface area (Å²) < 4.78 is 10.5. The van der Waals surface area contributed by atoms with E-state index in [1.165, 1.54) is 0 Å². The molecule has 0 amide bonds. The van der Waals surface area contributed by atoms with Crippen molar-refractivity contribution in [2.75, 3.05) is 20.3 Å². The SMILES string of the molecule is COc1ccc(CNCCOC(C)C)cc1Cl. The second-order valence-electron chi connectivity index (χ2n) is 4.07. The lowest BCUT2D eigenvalue weighted by atomic mass is 10.2. The highest BCUT2D eigenvalue weighted by atomic mass is 35.5. The summed E-state index contributed by atoms with van der Waals surface area (Å²) in [4.78, 5) is 0. The maximum Gasteiger partial charge on any atom is 0.137 e. The van der Waals surface area contributed by atoms with E-state index in [1.54, 1.807) is 7.11 Å².